The zero-order valence-electron chi connectivity index (χ0n) is 14.7. The van der Waals surface area contributed by atoms with Crippen LogP contribution in [-0.4, -0.2) is 38.4 Å². The molecule has 1 aliphatic heterocycles. The van der Waals surface area contributed by atoms with Gasteiger partial charge in [-0.1, -0.05) is 24.2 Å². The minimum atomic E-state index is -3.52. The number of sulfonamides is 1. The number of hydrogen-bond donors (Lipinski definition) is 0. The average Bonchev–Trinajstić information content (AvgIpc) is 2.65. The minimum absolute atomic E-state index is 0.00593. The van der Waals surface area contributed by atoms with Crippen LogP contribution in [0.2, 0.25) is 0 Å². The van der Waals surface area contributed by atoms with Crippen LogP contribution in [0, 0.1) is 5.92 Å². The fourth-order valence-corrected chi connectivity index (χ4v) is 5.19. The van der Waals surface area contributed by atoms with Crippen molar-refractivity contribution in [2.24, 2.45) is 5.92 Å². The predicted octanol–water partition coefficient (Wildman–Crippen LogP) is 3.26. The van der Waals surface area contributed by atoms with E-state index in [2.05, 4.69) is 6.58 Å². The summed E-state index contributed by atoms with van der Waals surface area (Å²) in [6.45, 7) is 4.12. The largest absolute Gasteiger partial charge is 0.460 e. The number of piperidine rings is 1. The molecule has 2 aliphatic rings. The number of halogens is 1. The van der Waals surface area contributed by atoms with Gasteiger partial charge < -0.3 is 4.74 Å². The Bertz CT molecular complexity index is 798. The molecular formula is C19H24ClNO4S. The summed E-state index contributed by atoms with van der Waals surface area (Å²) in [5, 5.41) is 0.269. The molecule has 1 saturated heterocycles. The third-order valence-electron chi connectivity index (χ3n) is 5.12. The molecule has 1 aromatic rings. The summed E-state index contributed by atoms with van der Waals surface area (Å²) < 4.78 is 32.4. The maximum Gasteiger partial charge on any atom is 0.309 e. The van der Waals surface area contributed by atoms with Crippen LogP contribution < -0.4 is 0 Å². The van der Waals surface area contributed by atoms with Gasteiger partial charge in [-0.3, -0.25) is 4.79 Å². The highest BCUT2D eigenvalue weighted by atomic mass is 35.5. The van der Waals surface area contributed by atoms with Gasteiger partial charge in [0.25, 0.3) is 0 Å². The molecule has 0 spiro atoms. The van der Waals surface area contributed by atoms with E-state index >= 15 is 0 Å². The Morgan fingerprint density at radius 3 is 2.50 bits per heavy atom. The lowest BCUT2D eigenvalue weighted by atomic mass is 9.92. The number of benzene rings is 1. The van der Waals surface area contributed by atoms with Crippen LogP contribution in [0.15, 0.2) is 34.7 Å². The first-order chi connectivity index (χ1) is 12.4. The number of aryl methyl sites for hydroxylation is 2. The summed E-state index contributed by atoms with van der Waals surface area (Å²) >= 11 is 5.60. The topological polar surface area (TPSA) is 63.7 Å². The van der Waals surface area contributed by atoms with Gasteiger partial charge in [-0.2, -0.15) is 4.31 Å². The van der Waals surface area contributed by atoms with Gasteiger partial charge in [-0.15, -0.1) is 0 Å². The van der Waals surface area contributed by atoms with Gasteiger partial charge in [-0.25, -0.2) is 8.42 Å². The maximum absolute atomic E-state index is 12.9. The highest BCUT2D eigenvalue weighted by molar-refractivity contribution is 7.89. The van der Waals surface area contributed by atoms with Crippen molar-refractivity contribution >= 4 is 27.6 Å². The van der Waals surface area contributed by atoms with Crippen LogP contribution in [0.4, 0.5) is 0 Å². The van der Waals surface area contributed by atoms with Gasteiger partial charge in [-0.05, 0) is 61.8 Å². The van der Waals surface area contributed by atoms with Gasteiger partial charge in [0.15, 0.2) is 0 Å². The van der Waals surface area contributed by atoms with Crippen molar-refractivity contribution < 1.29 is 17.9 Å². The highest BCUT2D eigenvalue weighted by Crippen LogP contribution is 2.28. The lowest BCUT2D eigenvalue weighted by Crippen LogP contribution is -2.40. The Hall–Kier alpha value is -1.37. The predicted molar refractivity (Wildman–Crippen MR) is 101 cm³/mol. The van der Waals surface area contributed by atoms with Gasteiger partial charge >= 0.3 is 5.97 Å². The second kappa shape index (κ2) is 8.11. The number of rotatable bonds is 5. The maximum atomic E-state index is 12.9. The molecule has 0 N–H and O–H groups in total. The smallest absolute Gasteiger partial charge is 0.309 e. The molecule has 0 aromatic heterocycles. The molecule has 0 atom stereocenters. The molecule has 7 heteroatoms. The SMILES string of the molecule is C=C(Cl)COC(=O)C1CCN(S(=O)(=O)c2ccc3c(c2)CCCC3)CC1. The van der Waals surface area contributed by atoms with E-state index in [-0.39, 0.29) is 23.5 Å². The molecule has 0 bridgehead atoms. The summed E-state index contributed by atoms with van der Waals surface area (Å²) in [6, 6.07) is 5.49. The van der Waals surface area contributed by atoms with Crippen molar-refractivity contribution in [1.29, 1.82) is 0 Å². The lowest BCUT2D eigenvalue weighted by Gasteiger charge is -2.30. The second-order valence-corrected chi connectivity index (χ2v) is 9.41. The van der Waals surface area contributed by atoms with E-state index in [1.807, 2.05) is 12.1 Å². The Kier molecular flexibility index (Phi) is 6.05. The molecule has 26 heavy (non-hydrogen) atoms. The Labute approximate surface area is 160 Å². The van der Waals surface area contributed by atoms with Crippen LogP contribution >= 0.6 is 11.6 Å². The number of ether oxygens (including phenoxy) is 1. The Morgan fingerprint density at radius 2 is 1.85 bits per heavy atom. The summed E-state index contributed by atoms with van der Waals surface area (Å²) in [4.78, 5) is 12.4. The number of esters is 1. The van der Waals surface area contributed by atoms with E-state index in [0.29, 0.717) is 30.8 Å². The number of carbonyl (C=O) groups is 1. The molecule has 5 nitrogen and oxygen atoms in total. The lowest BCUT2D eigenvalue weighted by molar-refractivity contribution is -0.148. The summed E-state index contributed by atoms with van der Waals surface area (Å²) in [5.41, 5.74) is 2.41. The average molecular weight is 398 g/mol. The molecule has 0 amide bonds. The van der Waals surface area contributed by atoms with E-state index in [9.17, 15) is 13.2 Å². The van der Waals surface area contributed by atoms with E-state index in [1.54, 1.807) is 6.07 Å². The van der Waals surface area contributed by atoms with Gasteiger partial charge in [0.2, 0.25) is 10.0 Å². The minimum Gasteiger partial charge on any atom is -0.460 e. The van der Waals surface area contributed by atoms with E-state index in [1.165, 1.54) is 16.3 Å². The number of hydrogen-bond acceptors (Lipinski definition) is 4. The molecule has 3 rings (SSSR count). The standard InChI is InChI=1S/C19H24ClNO4S/c1-14(20)13-25-19(22)16-8-10-21(11-9-16)26(23,24)18-7-6-15-4-2-3-5-17(15)12-18/h6-7,12,16H,1-5,8-11,13H2. The van der Waals surface area contributed by atoms with Gasteiger partial charge in [0, 0.05) is 18.1 Å². The zero-order valence-corrected chi connectivity index (χ0v) is 16.3. The molecule has 142 valence electrons. The number of fused-ring (bicyclic) bond motifs is 1. The zero-order chi connectivity index (χ0) is 18.7. The van der Waals surface area contributed by atoms with Crippen molar-refractivity contribution in [2.45, 2.75) is 43.4 Å². The van der Waals surface area contributed by atoms with E-state index < -0.39 is 10.0 Å². The first kappa shape index (κ1) is 19.4. The van der Waals surface area contributed by atoms with Crippen molar-refractivity contribution in [3.8, 4) is 0 Å². The quantitative estimate of drug-likeness (QED) is 0.715. The van der Waals surface area contributed by atoms with Crippen LogP contribution in [0.3, 0.4) is 0 Å². The van der Waals surface area contributed by atoms with Crippen LogP contribution in [0.5, 0.6) is 0 Å². The van der Waals surface area contributed by atoms with Crippen molar-refractivity contribution in [1.82, 2.24) is 4.31 Å². The fourth-order valence-electron chi connectivity index (χ4n) is 3.62. The molecule has 0 unspecified atom stereocenters. The number of carbonyl (C=O) groups excluding carboxylic acids is 1. The van der Waals surface area contributed by atoms with Crippen molar-refractivity contribution in [3.63, 3.8) is 0 Å². The van der Waals surface area contributed by atoms with E-state index in [0.717, 1.165) is 24.8 Å². The van der Waals surface area contributed by atoms with Crippen LogP contribution in [0.25, 0.3) is 0 Å². The molecule has 1 aliphatic carbocycles. The normalized spacial score (nSPS) is 19.0. The van der Waals surface area contributed by atoms with Gasteiger partial charge in [0.05, 0.1) is 10.8 Å². The molecule has 1 aromatic carbocycles. The summed E-state index contributed by atoms with van der Waals surface area (Å²) in [5.74, 6) is -0.626. The molecule has 1 heterocycles. The second-order valence-electron chi connectivity index (χ2n) is 6.94. The van der Waals surface area contributed by atoms with Crippen LogP contribution in [-0.2, 0) is 32.4 Å². The molecule has 1 fully saturated rings. The first-order valence-electron chi connectivity index (χ1n) is 9.00. The first-order valence-corrected chi connectivity index (χ1v) is 10.8. The fraction of sp³-hybridized carbons (Fsp3) is 0.526. The van der Waals surface area contributed by atoms with Crippen molar-refractivity contribution in [3.05, 3.63) is 40.9 Å². The molecule has 0 radical (unpaired) electrons. The number of nitrogens with zero attached hydrogens (tertiary/aromatic N) is 1. The summed E-state index contributed by atoms with van der Waals surface area (Å²) in [6.07, 6.45) is 5.16. The summed E-state index contributed by atoms with van der Waals surface area (Å²) in [7, 11) is -3.52. The van der Waals surface area contributed by atoms with Crippen LogP contribution in [0.1, 0.15) is 36.8 Å². The third-order valence-corrected chi connectivity index (χ3v) is 7.12. The Morgan fingerprint density at radius 1 is 1.19 bits per heavy atom. The third kappa shape index (κ3) is 4.30. The monoisotopic (exact) mass is 397 g/mol. The Balaban J connectivity index is 1.65. The highest BCUT2D eigenvalue weighted by Gasteiger charge is 2.33. The van der Waals surface area contributed by atoms with Crippen molar-refractivity contribution in [2.75, 3.05) is 19.7 Å². The molecular weight excluding hydrogens is 374 g/mol. The molecule has 0 saturated carbocycles. The van der Waals surface area contributed by atoms with Gasteiger partial charge in [0.1, 0.15) is 6.61 Å². The van der Waals surface area contributed by atoms with E-state index in [4.69, 9.17) is 16.3 Å².